The number of carbonyl (C=O) groups excluding carboxylic acids is 1. The average molecular weight is 535 g/mol. The molecule has 4 rings (SSSR count). The van der Waals surface area contributed by atoms with Gasteiger partial charge < -0.3 is 25.2 Å². The van der Waals surface area contributed by atoms with Crippen LogP contribution < -0.4 is 15.6 Å². The Balaban J connectivity index is 1.47. The number of phenols is 2. The van der Waals surface area contributed by atoms with Crippen LogP contribution in [-0.2, 0) is 4.74 Å². The van der Waals surface area contributed by atoms with Crippen LogP contribution in [0.4, 0.5) is 21.8 Å². The molecule has 0 saturated carbocycles. The summed E-state index contributed by atoms with van der Waals surface area (Å²) in [6.45, 7) is 3.69. The molecule has 1 saturated heterocycles. The predicted molar refractivity (Wildman–Crippen MR) is 135 cm³/mol. The van der Waals surface area contributed by atoms with E-state index in [0.717, 1.165) is 11.8 Å². The van der Waals surface area contributed by atoms with E-state index in [1.165, 1.54) is 18.3 Å². The van der Waals surface area contributed by atoms with Gasteiger partial charge in [-0.2, -0.15) is 10.1 Å². The second-order valence-electron chi connectivity index (χ2n) is 7.80. The third-order valence-electron chi connectivity index (χ3n) is 5.25. The molecular weight excluding hydrogens is 514 g/mol. The van der Waals surface area contributed by atoms with Crippen molar-refractivity contribution in [2.24, 2.45) is 5.10 Å². The number of nitrogens with zero attached hydrogens (tertiary/aromatic N) is 4. The van der Waals surface area contributed by atoms with Crippen molar-refractivity contribution in [2.45, 2.75) is 6.92 Å². The van der Waals surface area contributed by atoms with Gasteiger partial charge in [0.1, 0.15) is 5.75 Å². The van der Waals surface area contributed by atoms with Crippen LogP contribution in [-0.4, -0.2) is 58.6 Å². The largest absolute Gasteiger partial charge is 0.506 e. The van der Waals surface area contributed by atoms with Crippen molar-refractivity contribution in [2.75, 3.05) is 41.9 Å². The minimum Gasteiger partial charge on any atom is -0.506 e. The lowest BCUT2D eigenvalue weighted by molar-refractivity contribution is 0.102. The Morgan fingerprint density at radius 1 is 1.22 bits per heavy atom. The van der Waals surface area contributed by atoms with Crippen LogP contribution >= 0.6 is 23.2 Å². The fourth-order valence-corrected chi connectivity index (χ4v) is 3.98. The molecule has 1 aliphatic rings. The Labute approximate surface area is 215 Å². The molecule has 0 atom stereocenters. The maximum atomic E-state index is 14.2. The molecular formula is C23H21Cl2FN6O4. The second kappa shape index (κ2) is 10.9. The summed E-state index contributed by atoms with van der Waals surface area (Å²) in [7, 11) is 0. The van der Waals surface area contributed by atoms with Crippen LogP contribution in [0.3, 0.4) is 0 Å². The van der Waals surface area contributed by atoms with Crippen molar-refractivity contribution >= 4 is 52.8 Å². The van der Waals surface area contributed by atoms with E-state index in [-0.39, 0.29) is 44.4 Å². The topological polar surface area (TPSA) is 132 Å². The van der Waals surface area contributed by atoms with E-state index in [1.807, 2.05) is 0 Å². The predicted octanol–water partition coefficient (Wildman–Crippen LogP) is 4.18. The summed E-state index contributed by atoms with van der Waals surface area (Å²) in [5, 5.41) is 26.9. The summed E-state index contributed by atoms with van der Waals surface area (Å²) >= 11 is 12.2. The van der Waals surface area contributed by atoms with Crippen LogP contribution in [0, 0.1) is 12.7 Å². The Morgan fingerprint density at radius 3 is 2.72 bits per heavy atom. The summed E-state index contributed by atoms with van der Waals surface area (Å²) in [6.07, 6.45) is 2.28. The zero-order chi connectivity index (χ0) is 25.8. The van der Waals surface area contributed by atoms with Gasteiger partial charge in [-0.15, -0.1) is 0 Å². The van der Waals surface area contributed by atoms with Crippen molar-refractivity contribution < 1.29 is 24.1 Å². The van der Waals surface area contributed by atoms with Gasteiger partial charge in [0.05, 0.1) is 46.9 Å². The molecule has 2 heterocycles. The van der Waals surface area contributed by atoms with Crippen LogP contribution in [0.1, 0.15) is 21.5 Å². The standard InChI is InChI=1S/C23H21Cl2FN6O4/c1-12-8-15(24)20(34)17(9-12)29-22(35)14-3-2-13(19(33)18(14)25)10-28-31-23-27-11-16(26)21(30-23)32-4-6-36-7-5-32/h2-3,8-11,33-34H,4-7H2,1H3,(H,29,35)(H,27,30,31)/b28-10-. The molecule has 1 amide bonds. The van der Waals surface area contributed by atoms with Gasteiger partial charge in [-0.1, -0.05) is 23.2 Å². The summed E-state index contributed by atoms with van der Waals surface area (Å²) in [4.78, 5) is 22.5. The number of aryl methyl sites for hydroxylation is 1. The number of anilines is 3. The summed E-state index contributed by atoms with van der Waals surface area (Å²) in [5.74, 6) is -1.73. The van der Waals surface area contributed by atoms with Gasteiger partial charge in [0.25, 0.3) is 5.91 Å². The normalized spacial score (nSPS) is 13.7. The number of halogens is 3. The third-order valence-corrected chi connectivity index (χ3v) is 5.92. The number of nitrogens with one attached hydrogen (secondary N) is 2. The summed E-state index contributed by atoms with van der Waals surface area (Å²) < 4.78 is 19.4. The van der Waals surface area contributed by atoms with Gasteiger partial charge in [0.2, 0.25) is 5.95 Å². The van der Waals surface area contributed by atoms with Crippen molar-refractivity contribution in [3.05, 3.63) is 63.0 Å². The minimum atomic E-state index is -0.663. The number of aromatic hydroxyl groups is 2. The van der Waals surface area contributed by atoms with Crippen LogP contribution in [0.2, 0.25) is 10.0 Å². The number of benzene rings is 2. The number of rotatable bonds is 6. The average Bonchev–Trinajstić information content (AvgIpc) is 2.86. The number of morpholine rings is 1. The lowest BCUT2D eigenvalue weighted by Gasteiger charge is -2.27. The molecule has 10 nitrogen and oxygen atoms in total. The zero-order valence-corrected chi connectivity index (χ0v) is 20.4. The van der Waals surface area contributed by atoms with Gasteiger partial charge in [0.15, 0.2) is 17.4 Å². The monoisotopic (exact) mass is 534 g/mol. The number of aromatic nitrogens is 2. The van der Waals surface area contributed by atoms with Crippen molar-refractivity contribution in [1.82, 2.24) is 9.97 Å². The molecule has 0 aliphatic carbocycles. The maximum Gasteiger partial charge on any atom is 0.257 e. The molecule has 13 heteroatoms. The molecule has 1 aromatic heterocycles. The number of hydrogen-bond donors (Lipinski definition) is 4. The number of phenolic OH excluding ortho intramolecular Hbond substituents is 2. The van der Waals surface area contributed by atoms with Gasteiger partial charge in [-0.05, 0) is 36.8 Å². The van der Waals surface area contributed by atoms with Crippen LogP contribution in [0.25, 0.3) is 0 Å². The molecule has 0 spiro atoms. The molecule has 0 radical (unpaired) electrons. The highest BCUT2D eigenvalue weighted by Crippen LogP contribution is 2.35. The quantitative estimate of drug-likeness (QED) is 0.210. The Kier molecular flexibility index (Phi) is 7.73. The highest BCUT2D eigenvalue weighted by molar-refractivity contribution is 6.36. The highest BCUT2D eigenvalue weighted by Gasteiger charge is 2.19. The zero-order valence-electron chi connectivity index (χ0n) is 18.9. The lowest BCUT2D eigenvalue weighted by atomic mass is 10.1. The minimum absolute atomic E-state index is 0.0340. The molecule has 0 bridgehead atoms. The van der Waals surface area contributed by atoms with Gasteiger partial charge >= 0.3 is 0 Å². The smallest absolute Gasteiger partial charge is 0.257 e. The molecule has 1 aliphatic heterocycles. The molecule has 2 aromatic carbocycles. The van der Waals surface area contributed by atoms with E-state index in [1.54, 1.807) is 24.0 Å². The molecule has 0 unspecified atom stereocenters. The third kappa shape index (κ3) is 5.59. The molecule has 1 fully saturated rings. The van der Waals surface area contributed by atoms with Crippen molar-refractivity contribution in [3.8, 4) is 11.5 Å². The Hall–Kier alpha value is -3.67. The number of hydrogen-bond acceptors (Lipinski definition) is 9. The van der Waals surface area contributed by atoms with Crippen LogP contribution in [0.15, 0.2) is 35.6 Å². The number of ether oxygens (including phenoxy) is 1. The molecule has 4 N–H and O–H groups in total. The van der Waals surface area contributed by atoms with E-state index < -0.39 is 17.5 Å². The first kappa shape index (κ1) is 25.4. The SMILES string of the molecule is Cc1cc(Cl)c(O)c(NC(=O)c2ccc(/C=N\Nc3ncc(F)c(N4CCOCC4)n3)c(O)c2Cl)c1. The fraction of sp³-hybridized carbons (Fsp3) is 0.217. The van der Waals surface area contributed by atoms with Gasteiger partial charge in [-0.25, -0.2) is 14.8 Å². The number of amides is 1. The van der Waals surface area contributed by atoms with E-state index in [0.29, 0.717) is 26.3 Å². The highest BCUT2D eigenvalue weighted by atomic mass is 35.5. The van der Waals surface area contributed by atoms with Crippen molar-refractivity contribution in [1.29, 1.82) is 0 Å². The van der Waals surface area contributed by atoms with E-state index in [4.69, 9.17) is 27.9 Å². The van der Waals surface area contributed by atoms with E-state index in [9.17, 15) is 19.4 Å². The summed E-state index contributed by atoms with van der Waals surface area (Å²) in [6, 6.07) is 5.91. The second-order valence-corrected chi connectivity index (χ2v) is 8.58. The summed E-state index contributed by atoms with van der Waals surface area (Å²) in [5.41, 5.74) is 3.57. The molecule has 36 heavy (non-hydrogen) atoms. The Morgan fingerprint density at radius 2 is 1.97 bits per heavy atom. The van der Waals surface area contributed by atoms with E-state index >= 15 is 0 Å². The Bertz CT molecular complexity index is 1330. The lowest BCUT2D eigenvalue weighted by Crippen LogP contribution is -2.37. The van der Waals surface area contributed by atoms with E-state index in [2.05, 4.69) is 25.8 Å². The fourth-order valence-electron chi connectivity index (χ4n) is 3.45. The number of hydrazone groups is 1. The number of carbonyl (C=O) groups is 1. The van der Waals surface area contributed by atoms with Gasteiger partial charge in [0, 0.05) is 18.7 Å². The van der Waals surface area contributed by atoms with Gasteiger partial charge in [-0.3, -0.25) is 4.79 Å². The van der Waals surface area contributed by atoms with Crippen LogP contribution in [0.5, 0.6) is 11.5 Å². The van der Waals surface area contributed by atoms with Crippen molar-refractivity contribution in [3.63, 3.8) is 0 Å². The first-order valence-electron chi connectivity index (χ1n) is 10.7. The first-order chi connectivity index (χ1) is 17.2. The molecule has 188 valence electrons. The maximum absolute atomic E-state index is 14.2. The molecule has 3 aromatic rings. The first-order valence-corrected chi connectivity index (χ1v) is 11.5.